The molecule has 0 unspecified atom stereocenters. The summed E-state index contributed by atoms with van der Waals surface area (Å²) in [5.41, 5.74) is 3.42. The fourth-order valence-electron chi connectivity index (χ4n) is 4.80. The molecule has 5 rings (SSSR count). The van der Waals surface area contributed by atoms with E-state index in [1.165, 1.54) is 5.56 Å². The summed E-state index contributed by atoms with van der Waals surface area (Å²) in [6.07, 6.45) is 5.61. The zero-order valence-electron chi connectivity index (χ0n) is 18.2. The third-order valence-corrected chi connectivity index (χ3v) is 7.98. The van der Waals surface area contributed by atoms with Crippen LogP contribution >= 0.6 is 0 Å². The van der Waals surface area contributed by atoms with Gasteiger partial charge in [-0.25, -0.2) is 13.1 Å². The van der Waals surface area contributed by atoms with Crippen LogP contribution in [0.1, 0.15) is 29.9 Å². The summed E-state index contributed by atoms with van der Waals surface area (Å²) in [5.74, 6) is 0.392. The fourth-order valence-corrected chi connectivity index (χ4v) is 6.00. The van der Waals surface area contributed by atoms with Crippen LogP contribution in [0.4, 0.5) is 0 Å². The second-order valence-corrected chi connectivity index (χ2v) is 10.2. The summed E-state index contributed by atoms with van der Waals surface area (Å²) in [7, 11) is -3.64. The summed E-state index contributed by atoms with van der Waals surface area (Å²) in [6, 6.07) is 16.9. The molecule has 2 aromatic carbocycles. The topological polar surface area (TPSA) is 102 Å². The van der Waals surface area contributed by atoms with Crippen LogP contribution in [0.15, 0.2) is 65.8 Å². The predicted octanol–water partition coefficient (Wildman–Crippen LogP) is 3.75. The van der Waals surface area contributed by atoms with Crippen LogP contribution in [0.3, 0.4) is 0 Å². The molecule has 0 bridgehead atoms. The zero-order valence-corrected chi connectivity index (χ0v) is 19.0. The van der Waals surface area contributed by atoms with Crippen LogP contribution in [0.2, 0.25) is 0 Å². The number of hydrogen-bond donors (Lipinski definition) is 2. The molecule has 0 spiro atoms. The van der Waals surface area contributed by atoms with Crippen molar-refractivity contribution < 1.29 is 8.42 Å². The van der Waals surface area contributed by atoms with Crippen molar-refractivity contribution >= 4 is 31.8 Å². The van der Waals surface area contributed by atoms with Gasteiger partial charge in [0.15, 0.2) is 0 Å². The number of piperidine rings is 1. The molecular formula is C25H25N5O2S. The quantitative estimate of drug-likeness (QED) is 0.457. The summed E-state index contributed by atoms with van der Waals surface area (Å²) >= 11 is 0. The molecule has 0 atom stereocenters. The maximum absolute atomic E-state index is 12.9. The number of benzene rings is 2. The number of likely N-dealkylation sites (tertiary alicyclic amines) is 1. The number of aromatic nitrogens is 2. The van der Waals surface area contributed by atoms with Gasteiger partial charge in [0.1, 0.15) is 4.90 Å². The number of fused-ring (bicyclic) bond motifs is 2. The smallest absolute Gasteiger partial charge is 0.242 e. The average molecular weight is 460 g/mol. The molecule has 0 saturated carbocycles. The Bertz CT molecular complexity index is 1440. The normalized spacial score (nSPS) is 15.7. The first kappa shape index (κ1) is 21.6. The highest BCUT2D eigenvalue weighted by atomic mass is 32.2. The summed E-state index contributed by atoms with van der Waals surface area (Å²) in [4.78, 5) is 10.1. The van der Waals surface area contributed by atoms with E-state index < -0.39 is 10.0 Å². The lowest BCUT2D eigenvalue weighted by Gasteiger charge is -2.32. The Kier molecular flexibility index (Phi) is 5.85. The van der Waals surface area contributed by atoms with Gasteiger partial charge < -0.3 is 9.88 Å². The van der Waals surface area contributed by atoms with Gasteiger partial charge >= 0.3 is 0 Å². The predicted molar refractivity (Wildman–Crippen MR) is 128 cm³/mol. The minimum absolute atomic E-state index is 0.215. The van der Waals surface area contributed by atoms with Crippen molar-refractivity contribution in [3.8, 4) is 6.07 Å². The van der Waals surface area contributed by atoms with E-state index in [1.807, 2.05) is 36.5 Å². The Morgan fingerprint density at radius 2 is 1.91 bits per heavy atom. The Morgan fingerprint density at radius 1 is 1.12 bits per heavy atom. The summed E-state index contributed by atoms with van der Waals surface area (Å²) in [6.45, 7) is 2.79. The molecular weight excluding hydrogens is 434 g/mol. The highest BCUT2D eigenvalue weighted by Gasteiger charge is 2.24. The van der Waals surface area contributed by atoms with E-state index in [2.05, 4.69) is 25.7 Å². The molecule has 2 aromatic heterocycles. The van der Waals surface area contributed by atoms with Gasteiger partial charge in [0.05, 0.1) is 17.1 Å². The molecule has 1 aliphatic rings. The summed E-state index contributed by atoms with van der Waals surface area (Å²) in [5, 5.41) is 11.3. The lowest BCUT2D eigenvalue weighted by Crippen LogP contribution is -2.39. The van der Waals surface area contributed by atoms with Crippen molar-refractivity contribution in [2.45, 2.75) is 23.7 Å². The molecule has 0 radical (unpaired) electrons. The fraction of sp³-hybridized carbons (Fsp3) is 0.280. The van der Waals surface area contributed by atoms with Gasteiger partial charge in [-0.3, -0.25) is 4.98 Å². The van der Waals surface area contributed by atoms with Crippen molar-refractivity contribution in [1.29, 1.82) is 5.26 Å². The maximum atomic E-state index is 12.9. The molecule has 4 aromatic rings. The first-order valence-electron chi connectivity index (χ1n) is 11.1. The molecule has 8 heteroatoms. The van der Waals surface area contributed by atoms with Gasteiger partial charge in [0.2, 0.25) is 10.0 Å². The number of nitriles is 1. The van der Waals surface area contributed by atoms with Gasteiger partial charge in [-0.15, -0.1) is 0 Å². The first-order chi connectivity index (χ1) is 16.1. The molecule has 1 fully saturated rings. The van der Waals surface area contributed by atoms with Crippen LogP contribution in [0.25, 0.3) is 21.8 Å². The van der Waals surface area contributed by atoms with Crippen LogP contribution in [0.5, 0.6) is 0 Å². The molecule has 1 saturated heterocycles. The van der Waals surface area contributed by atoms with Crippen molar-refractivity contribution in [3.63, 3.8) is 0 Å². The minimum Gasteiger partial charge on any atom is -0.361 e. The second-order valence-electron chi connectivity index (χ2n) is 8.43. The van der Waals surface area contributed by atoms with Crippen molar-refractivity contribution in [2.75, 3.05) is 26.2 Å². The van der Waals surface area contributed by atoms with E-state index in [-0.39, 0.29) is 4.90 Å². The largest absolute Gasteiger partial charge is 0.361 e. The second kappa shape index (κ2) is 8.94. The number of nitrogens with zero attached hydrogens (tertiary/aromatic N) is 3. The third-order valence-electron chi connectivity index (χ3n) is 6.49. The van der Waals surface area contributed by atoms with Crippen molar-refractivity contribution in [1.82, 2.24) is 19.6 Å². The van der Waals surface area contributed by atoms with E-state index in [4.69, 9.17) is 0 Å². The number of sulfonamides is 1. The first-order valence-corrected chi connectivity index (χ1v) is 12.6. The molecule has 3 heterocycles. The SMILES string of the molecule is N#Cc1cccc2[nH]cc(C3CCN(CCNS(=O)(=O)c4cccc5cccnc45)CC3)c12. The van der Waals surface area contributed by atoms with Gasteiger partial charge in [0, 0.05) is 41.8 Å². The minimum atomic E-state index is -3.64. The van der Waals surface area contributed by atoms with E-state index >= 15 is 0 Å². The molecule has 33 heavy (non-hydrogen) atoms. The van der Waals surface area contributed by atoms with Gasteiger partial charge in [-0.05, 0) is 61.7 Å². The lowest BCUT2D eigenvalue weighted by molar-refractivity contribution is 0.216. The van der Waals surface area contributed by atoms with Crippen molar-refractivity contribution in [3.05, 3.63) is 72.1 Å². The molecule has 0 aliphatic carbocycles. The molecule has 7 nitrogen and oxygen atoms in total. The number of pyridine rings is 1. The number of rotatable bonds is 6. The van der Waals surface area contributed by atoms with Gasteiger partial charge in [-0.1, -0.05) is 24.3 Å². The Hall–Kier alpha value is -3.25. The molecule has 0 amide bonds. The standard InChI is InChI=1S/C25H25N5O2S/c26-16-20-5-1-7-22-24(20)21(17-28-22)18-9-13-30(14-10-18)15-12-29-33(31,32)23-8-2-4-19-6-3-11-27-25(19)23/h1-8,11,17-18,28-29H,9-10,12-15H2. The number of H-pyrrole nitrogens is 1. The maximum Gasteiger partial charge on any atom is 0.242 e. The van der Waals surface area contributed by atoms with Crippen LogP contribution < -0.4 is 4.72 Å². The number of nitrogens with one attached hydrogen (secondary N) is 2. The highest BCUT2D eigenvalue weighted by Crippen LogP contribution is 2.34. The van der Waals surface area contributed by atoms with Crippen LogP contribution in [-0.2, 0) is 10.0 Å². The lowest BCUT2D eigenvalue weighted by atomic mass is 9.88. The molecule has 2 N–H and O–H groups in total. The number of aromatic amines is 1. The highest BCUT2D eigenvalue weighted by molar-refractivity contribution is 7.89. The number of hydrogen-bond acceptors (Lipinski definition) is 5. The van der Waals surface area contributed by atoms with E-state index in [1.54, 1.807) is 24.4 Å². The molecule has 168 valence electrons. The van der Waals surface area contributed by atoms with Gasteiger partial charge in [-0.2, -0.15) is 5.26 Å². The third kappa shape index (κ3) is 4.23. The van der Waals surface area contributed by atoms with Gasteiger partial charge in [0.25, 0.3) is 0 Å². The van der Waals surface area contributed by atoms with Crippen LogP contribution in [0, 0.1) is 11.3 Å². The summed E-state index contributed by atoms with van der Waals surface area (Å²) < 4.78 is 28.5. The monoisotopic (exact) mass is 459 g/mol. The molecule has 1 aliphatic heterocycles. The number of para-hydroxylation sites is 1. The zero-order chi connectivity index (χ0) is 22.8. The average Bonchev–Trinajstić information content (AvgIpc) is 3.28. The van der Waals surface area contributed by atoms with E-state index in [0.717, 1.165) is 42.2 Å². The van der Waals surface area contributed by atoms with E-state index in [9.17, 15) is 13.7 Å². The Balaban J connectivity index is 1.20. The van der Waals surface area contributed by atoms with Crippen LogP contribution in [-0.4, -0.2) is 49.5 Å². The Labute approximate surface area is 193 Å². The van der Waals surface area contributed by atoms with E-state index in [0.29, 0.717) is 30.1 Å². The Morgan fingerprint density at radius 3 is 2.73 bits per heavy atom. The van der Waals surface area contributed by atoms with Crippen molar-refractivity contribution in [2.24, 2.45) is 0 Å².